The summed E-state index contributed by atoms with van der Waals surface area (Å²) in [4.78, 5) is 10.7. The number of furan rings is 1. The van der Waals surface area contributed by atoms with Crippen molar-refractivity contribution in [1.82, 2.24) is 14.5 Å². The summed E-state index contributed by atoms with van der Waals surface area (Å²) in [6.07, 6.45) is 0. The molecule has 3 heterocycles. The van der Waals surface area contributed by atoms with Gasteiger partial charge < -0.3 is 8.98 Å². The zero-order valence-electron chi connectivity index (χ0n) is 29.0. The minimum Gasteiger partial charge on any atom is -0.456 e. The maximum Gasteiger partial charge on any atom is 0.135 e. The summed E-state index contributed by atoms with van der Waals surface area (Å²) in [5, 5.41) is 12.0. The van der Waals surface area contributed by atoms with Gasteiger partial charge in [-0.1, -0.05) is 115 Å². The van der Waals surface area contributed by atoms with Crippen molar-refractivity contribution in [3.05, 3.63) is 176 Å². The number of para-hydroxylation sites is 3. The van der Waals surface area contributed by atoms with Crippen molar-refractivity contribution in [2.45, 2.75) is 0 Å². The topological polar surface area (TPSA) is 43.9 Å². The SMILES string of the molecule is c1ccc2c(c1)ccc1c2c2c3ccccc3ccc2n1-c1ccc(-c2nc3ccccc3nc2-c2ccc3oc4ccccc4c3c2)c2ccccc12. The highest BCUT2D eigenvalue weighted by molar-refractivity contribution is 6.29. The van der Waals surface area contributed by atoms with Gasteiger partial charge in [-0.15, -0.1) is 0 Å². The van der Waals surface area contributed by atoms with Gasteiger partial charge in [0, 0.05) is 38.1 Å². The first kappa shape index (κ1) is 29.3. The molecule has 0 unspecified atom stereocenters. The third-order valence-electron chi connectivity index (χ3n) is 11.2. The first-order valence-electron chi connectivity index (χ1n) is 18.3. The summed E-state index contributed by atoms with van der Waals surface area (Å²) in [6.45, 7) is 0. The van der Waals surface area contributed by atoms with Gasteiger partial charge in [0.2, 0.25) is 0 Å². The number of rotatable bonds is 3. The molecule has 0 fully saturated rings. The van der Waals surface area contributed by atoms with E-state index in [4.69, 9.17) is 14.4 Å². The quantitative estimate of drug-likeness (QED) is 0.186. The van der Waals surface area contributed by atoms with E-state index in [1.165, 1.54) is 43.4 Å². The normalized spacial score (nSPS) is 12.1. The minimum absolute atomic E-state index is 0.841. The van der Waals surface area contributed by atoms with Crippen LogP contribution in [0, 0.1) is 0 Å². The van der Waals surface area contributed by atoms with E-state index >= 15 is 0 Å². The van der Waals surface area contributed by atoms with Crippen molar-refractivity contribution in [2.75, 3.05) is 0 Å². The van der Waals surface area contributed by atoms with Crippen LogP contribution in [-0.4, -0.2) is 14.5 Å². The molecule has 54 heavy (non-hydrogen) atoms. The Hall–Kier alpha value is -7.30. The first-order chi connectivity index (χ1) is 26.8. The second-order valence-electron chi connectivity index (χ2n) is 14.1. The molecule has 250 valence electrons. The number of aromatic nitrogens is 3. The molecule has 12 aromatic rings. The van der Waals surface area contributed by atoms with E-state index in [0.29, 0.717) is 0 Å². The predicted molar refractivity (Wildman–Crippen MR) is 225 cm³/mol. The lowest BCUT2D eigenvalue weighted by atomic mass is 9.96. The standard InChI is InChI=1S/C50H29N3O/c1-3-13-33-30(11-1)21-25-43-47(33)48-34-14-4-2-12-31(34)22-26-44(48)53(43)42-27-24-38(35-15-5-6-16-36(35)42)50-49(51-40-18-8-9-19-41(40)52-50)32-23-28-46-39(29-32)37-17-7-10-20-45(37)54-46/h1-29H. The Balaban J connectivity index is 1.16. The van der Waals surface area contributed by atoms with E-state index in [1.807, 2.05) is 36.4 Å². The van der Waals surface area contributed by atoms with Crippen molar-refractivity contribution in [3.8, 4) is 28.2 Å². The number of hydrogen-bond donors (Lipinski definition) is 0. The summed E-state index contributed by atoms with van der Waals surface area (Å²) in [6, 6.07) is 62.5. The Morgan fingerprint density at radius 3 is 1.65 bits per heavy atom. The van der Waals surface area contributed by atoms with E-state index in [0.717, 1.165) is 71.9 Å². The van der Waals surface area contributed by atoms with Gasteiger partial charge in [-0.25, -0.2) is 9.97 Å². The summed E-state index contributed by atoms with van der Waals surface area (Å²) < 4.78 is 8.66. The highest BCUT2D eigenvalue weighted by atomic mass is 16.3. The molecule has 9 aromatic carbocycles. The molecule has 0 aliphatic carbocycles. The Labute approximate surface area is 309 Å². The highest BCUT2D eigenvalue weighted by Gasteiger charge is 2.22. The van der Waals surface area contributed by atoms with Crippen LogP contribution < -0.4 is 0 Å². The van der Waals surface area contributed by atoms with Gasteiger partial charge in [0.25, 0.3) is 0 Å². The maximum atomic E-state index is 6.20. The second-order valence-corrected chi connectivity index (χ2v) is 14.1. The van der Waals surface area contributed by atoms with Crippen LogP contribution in [0.2, 0.25) is 0 Å². The van der Waals surface area contributed by atoms with Gasteiger partial charge in [0.05, 0.1) is 39.1 Å². The molecule has 0 aliphatic heterocycles. The van der Waals surface area contributed by atoms with Crippen LogP contribution in [0.25, 0.3) is 115 Å². The molecule has 0 spiro atoms. The van der Waals surface area contributed by atoms with Crippen LogP contribution in [0.4, 0.5) is 0 Å². The predicted octanol–water partition coefficient (Wildman–Crippen LogP) is 13.4. The molecular weight excluding hydrogens is 659 g/mol. The lowest BCUT2D eigenvalue weighted by molar-refractivity contribution is 0.669. The van der Waals surface area contributed by atoms with E-state index in [-0.39, 0.29) is 0 Å². The fourth-order valence-electron chi connectivity index (χ4n) is 8.75. The van der Waals surface area contributed by atoms with E-state index in [1.54, 1.807) is 0 Å². The Bertz CT molecular complexity index is 3420. The Kier molecular flexibility index (Phi) is 6.02. The maximum absolute atomic E-state index is 6.20. The molecule has 0 atom stereocenters. The number of nitrogens with zero attached hydrogens (tertiary/aromatic N) is 3. The molecule has 0 amide bonds. The van der Waals surface area contributed by atoms with Gasteiger partial charge in [0.15, 0.2) is 0 Å². The van der Waals surface area contributed by atoms with E-state index in [9.17, 15) is 0 Å². The molecule has 4 heteroatoms. The molecular formula is C50H29N3O. The zero-order valence-corrected chi connectivity index (χ0v) is 29.0. The molecule has 0 saturated heterocycles. The number of hydrogen-bond acceptors (Lipinski definition) is 3. The third-order valence-corrected chi connectivity index (χ3v) is 11.2. The second kappa shape index (κ2) is 11.1. The van der Waals surface area contributed by atoms with Gasteiger partial charge in [0.1, 0.15) is 11.2 Å². The van der Waals surface area contributed by atoms with Crippen molar-refractivity contribution < 1.29 is 4.42 Å². The fourth-order valence-corrected chi connectivity index (χ4v) is 8.75. The summed E-state index contributed by atoms with van der Waals surface area (Å²) in [7, 11) is 0. The van der Waals surface area contributed by atoms with Crippen molar-refractivity contribution in [2.24, 2.45) is 0 Å². The average molecular weight is 688 g/mol. The van der Waals surface area contributed by atoms with E-state index < -0.39 is 0 Å². The van der Waals surface area contributed by atoms with Crippen molar-refractivity contribution >= 4 is 87.1 Å². The van der Waals surface area contributed by atoms with Crippen LogP contribution in [0.1, 0.15) is 0 Å². The fraction of sp³-hybridized carbons (Fsp3) is 0. The van der Waals surface area contributed by atoms with Gasteiger partial charge in [-0.3, -0.25) is 0 Å². The van der Waals surface area contributed by atoms with Crippen LogP contribution in [0.5, 0.6) is 0 Å². The highest BCUT2D eigenvalue weighted by Crippen LogP contribution is 2.44. The van der Waals surface area contributed by atoms with E-state index in [2.05, 4.69) is 144 Å². The molecule has 3 aromatic heterocycles. The lowest BCUT2D eigenvalue weighted by Crippen LogP contribution is -1.99. The van der Waals surface area contributed by atoms with Gasteiger partial charge >= 0.3 is 0 Å². The molecule has 12 rings (SSSR count). The summed E-state index contributed by atoms with van der Waals surface area (Å²) >= 11 is 0. The van der Waals surface area contributed by atoms with Crippen LogP contribution in [-0.2, 0) is 0 Å². The Morgan fingerprint density at radius 2 is 0.944 bits per heavy atom. The first-order valence-corrected chi connectivity index (χ1v) is 18.3. The van der Waals surface area contributed by atoms with Gasteiger partial charge in [-0.05, 0) is 87.6 Å². The number of benzene rings is 9. The van der Waals surface area contributed by atoms with Crippen LogP contribution in [0.15, 0.2) is 180 Å². The Morgan fingerprint density at radius 1 is 0.389 bits per heavy atom. The molecule has 0 radical (unpaired) electrons. The van der Waals surface area contributed by atoms with Crippen LogP contribution in [0.3, 0.4) is 0 Å². The van der Waals surface area contributed by atoms with Gasteiger partial charge in [-0.2, -0.15) is 0 Å². The molecule has 4 nitrogen and oxygen atoms in total. The zero-order chi connectivity index (χ0) is 35.3. The monoisotopic (exact) mass is 687 g/mol. The molecule has 0 bridgehead atoms. The summed E-state index contributed by atoms with van der Waals surface area (Å²) in [5.41, 5.74) is 10.7. The average Bonchev–Trinajstić information content (AvgIpc) is 3.79. The molecule has 0 aliphatic rings. The largest absolute Gasteiger partial charge is 0.456 e. The number of fused-ring (bicyclic) bond motifs is 12. The molecule has 0 N–H and O–H groups in total. The van der Waals surface area contributed by atoms with Crippen LogP contribution >= 0.6 is 0 Å². The minimum atomic E-state index is 0.841. The smallest absolute Gasteiger partial charge is 0.135 e. The summed E-state index contributed by atoms with van der Waals surface area (Å²) in [5.74, 6) is 0. The third kappa shape index (κ3) is 4.13. The molecule has 0 saturated carbocycles. The lowest BCUT2D eigenvalue weighted by Gasteiger charge is -2.17. The van der Waals surface area contributed by atoms with Crippen molar-refractivity contribution in [3.63, 3.8) is 0 Å². The van der Waals surface area contributed by atoms with Crippen molar-refractivity contribution in [1.29, 1.82) is 0 Å².